The molecule has 8 atom stereocenters. The van der Waals surface area contributed by atoms with Crippen LogP contribution in [0.5, 0.6) is 0 Å². The van der Waals surface area contributed by atoms with Gasteiger partial charge in [-0.05, 0) is 65.2 Å². The van der Waals surface area contributed by atoms with Gasteiger partial charge in [0.15, 0.2) is 58.6 Å². The van der Waals surface area contributed by atoms with Crippen LogP contribution in [0.4, 0.5) is 11.6 Å². The Hall–Kier alpha value is -5.74. The van der Waals surface area contributed by atoms with Crippen LogP contribution >= 0.6 is 0 Å². The maximum atomic E-state index is 12.9. The SMILES string of the molecule is CCNC(=O)[C@H]1O[C@@H](n2cnc3c(NC)nc(C(=O)NCCN(C)CC)nc32)[C@H](O)[C@@H]1O.CCNC(=O)[C@H]1O[C@@H](n2cnc3c(NC)nc(C(=O)NCCN4CCC(C(C)C)CC4)nc32)[C@H](O)[C@@H]1O. The fraction of sp³-hybridized carbons (Fsp3) is 0.674. The number of carbonyl (C=O) groups excluding carboxylic acids is 4. The molecule has 0 aliphatic carbocycles. The van der Waals surface area contributed by atoms with Crippen LogP contribution in [0.25, 0.3) is 22.3 Å². The predicted octanol–water partition coefficient (Wildman–Crippen LogP) is -1.97. The van der Waals surface area contributed by atoms with Crippen molar-refractivity contribution < 1.29 is 49.1 Å². The number of amides is 4. The molecule has 0 bridgehead atoms. The Morgan fingerprint density at radius 2 is 1.14 bits per heavy atom. The zero-order valence-electron chi connectivity index (χ0n) is 40.4. The molecule has 0 radical (unpaired) electrons. The van der Waals surface area contributed by atoms with E-state index in [0.717, 1.165) is 32.1 Å². The van der Waals surface area contributed by atoms with E-state index in [0.29, 0.717) is 61.3 Å². The first-order valence-corrected chi connectivity index (χ1v) is 23.5. The number of anilines is 2. The molecule has 0 aromatic carbocycles. The van der Waals surface area contributed by atoms with E-state index in [2.05, 4.69) is 80.6 Å². The van der Waals surface area contributed by atoms with Gasteiger partial charge < -0.3 is 71.6 Å². The second kappa shape index (κ2) is 23.7. The lowest BCUT2D eigenvalue weighted by molar-refractivity contribution is -0.138. The molecular weight excluding hydrogens is 901 g/mol. The number of aliphatic hydroxyl groups is 4. The maximum Gasteiger partial charge on any atom is 0.289 e. The number of hydrogen-bond acceptors (Lipinski definition) is 20. The Morgan fingerprint density at radius 1 is 0.696 bits per heavy atom. The zero-order chi connectivity index (χ0) is 50.1. The van der Waals surface area contributed by atoms with Crippen molar-refractivity contribution in [2.45, 2.75) is 96.5 Å². The number of aliphatic hydroxyl groups excluding tert-OH is 4. The van der Waals surface area contributed by atoms with Gasteiger partial charge in [-0.15, -0.1) is 0 Å². The predicted molar refractivity (Wildman–Crippen MR) is 251 cm³/mol. The Balaban J connectivity index is 0.000000229. The number of likely N-dealkylation sites (tertiary alicyclic amines) is 1. The smallest absolute Gasteiger partial charge is 0.289 e. The summed E-state index contributed by atoms with van der Waals surface area (Å²) in [4.78, 5) is 80.2. The molecule has 4 amide bonds. The highest BCUT2D eigenvalue weighted by Gasteiger charge is 2.49. The van der Waals surface area contributed by atoms with Crippen LogP contribution in [-0.2, 0) is 19.1 Å². The van der Waals surface area contributed by atoms with Crippen molar-refractivity contribution in [2.24, 2.45) is 11.8 Å². The van der Waals surface area contributed by atoms with E-state index in [9.17, 15) is 39.6 Å². The normalized spacial score (nSPS) is 24.1. The molecule has 4 aromatic heterocycles. The third-order valence-corrected chi connectivity index (χ3v) is 12.6. The molecule has 0 spiro atoms. The molecule has 69 heavy (non-hydrogen) atoms. The summed E-state index contributed by atoms with van der Waals surface area (Å²) >= 11 is 0. The van der Waals surface area contributed by atoms with E-state index in [-0.39, 0.29) is 22.9 Å². The number of imidazole rings is 2. The molecule has 7 heterocycles. The van der Waals surface area contributed by atoms with E-state index in [1.54, 1.807) is 27.9 Å². The van der Waals surface area contributed by atoms with Crippen molar-refractivity contribution in [2.75, 3.05) is 90.7 Å². The van der Waals surface area contributed by atoms with Gasteiger partial charge in [0.2, 0.25) is 11.6 Å². The van der Waals surface area contributed by atoms with Crippen molar-refractivity contribution >= 4 is 57.6 Å². The van der Waals surface area contributed by atoms with Crippen LogP contribution in [0.3, 0.4) is 0 Å². The number of piperidine rings is 1. The molecule has 4 aromatic rings. The first-order chi connectivity index (χ1) is 33.1. The Kier molecular flexibility index (Phi) is 18.1. The molecule has 7 rings (SSSR count). The number of aromatic nitrogens is 8. The minimum absolute atomic E-state index is 0.0644. The number of rotatable bonds is 18. The number of hydrogen-bond donors (Lipinski definition) is 10. The first kappa shape index (κ1) is 52.6. The molecule has 3 fully saturated rings. The van der Waals surface area contributed by atoms with Gasteiger partial charge in [-0.25, -0.2) is 29.9 Å². The highest BCUT2D eigenvalue weighted by Crippen LogP contribution is 2.34. The summed E-state index contributed by atoms with van der Waals surface area (Å²) in [5, 5.41) is 58.5. The minimum Gasteiger partial charge on any atom is -0.387 e. The molecule has 0 saturated carbocycles. The average molecular weight is 969 g/mol. The van der Waals surface area contributed by atoms with E-state index in [1.165, 1.54) is 34.6 Å². The third kappa shape index (κ3) is 11.8. The lowest BCUT2D eigenvalue weighted by Gasteiger charge is -2.33. The molecule has 3 aliphatic rings. The van der Waals surface area contributed by atoms with Crippen molar-refractivity contribution in [3.8, 4) is 0 Å². The minimum atomic E-state index is -1.44. The Bertz CT molecular complexity index is 2390. The number of carbonyl (C=O) groups is 4. The number of ether oxygens (including phenoxy) is 2. The van der Waals surface area contributed by atoms with Gasteiger partial charge in [-0.1, -0.05) is 20.8 Å². The summed E-state index contributed by atoms with van der Waals surface area (Å²) < 4.78 is 14.1. The van der Waals surface area contributed by atoms with Gasteiger partial charge >= 0.3 is 0 Å². The molecule has 3 aliphatic heterocycles. The topological polar surface area (TPSA) is 334 Å². The first-order valence-electron chi connectivity index (χ1n) is 23.5. The van der Waals surface area contributed by atoms with Crippen molar-refractivity contribution in [1.29, 1.82) is 0 Å². The molecule has 26 nitrogen and oxygen atoms in total. The van der Waals surface area contributed by atoms with Crippen molar-refractivity contribution in [1.82, 2.24) is 70.1 Å². The lowest BCUT2D eigenvalue weighted by Crippen LogP contribution is -2.42. The average Bonchev–Trinajstić information content (AvgIpc) is 4.12. The number of nitrogens with zero attached hydrogens (tertiary/aromatic N) is 10. The highest BCUT2D eigenvalue weighted by atomic mass is 16.6. The third-order valence-electron chi connectivity index (χ3n) is 12.6. The molecule has 3 saturated heterocycles. The second-order valence-corrected chi connectivity index (χ2v) is 17.4. The van der Waals surface area contributed by atoms with Crippen LogP contribution in [-0.4, -0.2) is 210 Å². The van der Waals surface area contributed by atoms with Crippen LogP contribution in [0, 0.1) is 11.8 Å². The van der Waals surface area contributed by atoms with E-state index in [4.69, 9.17) is 9.47 Å². The molecular formula is C43H68N16O10. The molecule has 26 heteroatoms. The molecule has 0 unspecified atom stereocenters. The van der Waals surface area contributed by atoms with E-state index >= 15 is 0 Å². The van der Waals surface area contributed by atoms with Gasteiger partial charge in [0, 0.05) is 53.4 Å². The largest absolute Gasteiger partial charge is 0.387 e. The van der Waals surface area contributed by atoms with Gasteiger partial charge in [0.1, 0.15) is 24.4 Å². The molecule has 380 valence electrons. The summed E-state index contributed by atoms with van der Waals surface area (Å²) in [6.07, 6.45) is -5.37. The van der Waals surface area contributed by atoms with Gasteiger partial charge in [-0.2, -0.15) is 0 Å². The summed E-state index contributed by atoms with van der Waals surface area (Å²) in [7, 11) is 5.23. The van der Waals surface area contributed by atoms with E-state index in [1.807, 2.05) is 18.9 Å². The van der Waals surface area contributed by atoms with Crippen LogP contribution < -0.4 is 31.9 Å². The van der Waals surface area contributed by atoms with Crippen molar-refractivity contribution in [3.05, 3.63) is 24.3 Å². The van der Waals surface area contributed by atoms with Crippen LogP contribution in [0.15, 0.2) is 12.7 Å². The Labute approximate surface area is 399 Å². The lowest BCUT2D eigenvalue weighted by atomic mass is 9.87. The standard InChI is InChI=1S/C24H38N8O5.C19H30N8O5/c1-5-26-22(35)18-16(33)17(34)24(37-18)32-12-28-15-19(25-4)29-20(30-21(15)32)23(36)27-8-11-31-9-6-14(7-10-31)13(2)3;1-5-21-17(30)13-11(28)12(29)19(32-13)27-9-23-10-14(20-3)24-15(25-16(10)27)18(31)22-7-8-26(4)6-2/h12-14,16-18,24,33-34H,5-11H2,1-4H3,(H,26,35)(H,27,36)(H,25,29,30);9,11-13,19,28-29H,5-8H2,1-4H3,(H,21,30)(H,22,31)(H,20,24,25)/t16-,17+,18-,24+;11-,12+,13-,19+/m00/s1. The Morgan fingerprint density at radius 3 is 1.55 bits per heavy atom. The van der Waals surface area contributed by atoms with Gasteiger partial charge in [-0.3, -0.25) is 28.3 Å². The number of likely N-dealkylation sites (N-methyl/N-ethyl adjacent to an activating group) is 3. The summed E-state index contributed by atoms with van der Waals surface area (Å²) in [6.45, 7) is 16.0. The molecule has 10 N–H and O–H groups in total. The van der Waals surface area contributed by atoms with Crippen molar-refractivity contribution in [3.63, 3.8) is 0 Å². The summed E-state index contributed by atoms with van der Waals surface area (Å²) in [5.41, 5.74) is 1.15. The fourth-order valence-corrected chi connectivity index (χ4v) is 8.37. The zero-order valence-corrected chi connectivity index (χ0v) is 40.4. The number of nitrogens with one attached hydrogen (secondary N) is 6. The summed E-state index contributed by atoms with van der Waals surface area (Å²) in [5.74, 6) is -0.00576. The monoisotopic (exact) mass is 969 g/mol. The van der Waals surface area contributed by atoms with Crippen LogP contribution in [0.1, 0.15) is 81.2 Å². The fourth-order valence-electron chi connectivity index (χ4n) is 8.37. The van der Waals surface area contributed by atoms with E-state index < -0.39 is 72.7 Å². The number of fused-ring (bicyclic) bond motifs is 2. The van der Waals surface area contributed by atoms with Gasteiger partial charge in [0.05, 0.1) is 12.7 Å². The van der Waals surface area contributed by atoms with Crippen LogP contribution in [0.2, 0.25) is 0 Å². The highest BCUT2D eigenvalue weighted by molar-refractivity contribution is 5.95. The van der Waals surface area contributed by atoms with Gasteiger partial charge in [0.25, 0.3) is 23.6 Å². The quantitative estimate of drug-likeness (QED) is 0.0517. The maximum absolute atomic E-state index is 12.9. The summed E-state index contributed by atoms with van der Waals surface area (Å²) in [6, 6.07) is 0. The second-order valence-electron chi connectivity index (χ2n) is 17.4.